The molecule has 0 saturated carbocycles. The highest BCUT2D eigenvalue weighted by molar-refractivity contribution is 5.79. The highest BCUT2D eigenvalue weighted by Gasteiger charge is 2.22. The zero-order valence-electron chi connectivity index (χ0n) is 13.6. The topological polar surface area (TPSA) is 87.9 Å². The zero-order chi connectivity index (χ0) is 17.7. The molecule has 1 N–H and O–H groups in total. The molecule has 2 aromatic rings. The third-order valence-corrected chi connectivity index (χ3v) is 3.80. The lowest BCUT2D eigenvalue weighted by atomic mass is 9.99. The largest absolute Gasteiger partial charge is 0.468 e. The Bertz CT molecular complexity index is 784. The number of ether oxygens (including phenoxy) is 1. The smallest absolute Gasteiger partial charge is 0.314 e. The number of carbonyl (C=O) groups excluding carboxylic acids is 1. The van der Waals surface area contributed by atoms with Crippen molar-refractivity contribution < 1.29 is 13.9 Å². The lowest BCUT2D eigenvalue weighted by Crippen LogP contribution is -2.23. The minimum atomic E-state index is -0.662. The van der Waals surface area contributed by atoms with E-state index >= 15 is 0 Å². The van der Waals surface area contributed by atoms with Gasteiger partial charge in [0.1, 0.15) is 17.4 Å². The average molecular weight is 328 g/mol. The van der Waals surface area contributed by atoms with E-state index in [-0.39, 0.29) is 12.4 Å². The monoisotopic (exact) mass is 328 g/mol. The SMILES string of the molecule is COC(=O)C(CNc1nnc(C)c(C)c1C#N)c1ccc(F)cc1. The van der Waals surface area contributed by atoms with Crippen molar-refractivity contribution in [1.82, 2.24) is 10.2 Å². The number of benzene rings is 1. The first-order valence-electron chi connectivity index (χ1n) is 7.29. The Morgan fingerprint density at radius 3 is 2.58 bits per heavy atom. The van der Waals surface area contributed by atoms with Crippen molar-refractivity contribution in [2.45, 2.75) is 19.8 Å². The third kappa shape index (κ3) is 3.66. The van der Waals surface area contributed by atoms with Gasteiger partial charge in [0.25, 0.3) is 0 Å². The number of nitriles is 1. The van der Waals surface area contributed by atoms with E-state index in [0.29, 0.717) is 22.6 Å². The van der Waals surface area contributed by atoms with Crippen LogP contribution in [0, 0.1) is 31.0 Å². The minimum Gasteiger partial charge on any atom is -0.468 e. The van der Waals surface area contributed by atoms with Crippen molar-refractivity contribution >= 4 is 11.8 Å². The first kappa shape index (κ1) is 17.3. The van der Waals surface area contributed by atoms with E-state index in [4.69, 9.17) is 4.74 Å². The molecule has 1 unspecified atom stereocenters. The number of hydrogen-bond donors (Lipinski definition) is 1. The summed E-state index contributed by atoms with van der Waals surface area (Å²) in [6.45, 7) is 3.69. The molecule has 0 aliphatic rings. The van der Waals surface area contributed by atoms with Gasteiger partial charge >= 0.3 is 5.97 Å². The van der Waals surface area contributed by atoms with E-state index in [1.54, 1.807) is 13.8 Å². The van der Waals surface area contributed by atoms with Gasteiger partial charge in [-0.2, -0.15) is 10.4 Å². The average Bonchev–Trinajstić information content (AvgIpc) is 2.59. The molecule has 0 amide bonds. The molecule has 1 heterocycles. The molecular weight excluding hydrogens is 311 g/mol. The van der Waals surface area contributed by atoms with Crippen LogP contribution in [0.2, 0.25) is 0 Å². The number of nitrogens with one attached hydrogen (secondary N) is 1. The van der Waals surface area contributed by atoms with Gasteiger partial charge in [-0.1, -0.05) is 12.1 Å². The molecule has 24 heavy (non-hydrogen) atoms. The second-order valence-electron chi connectivity index (χ2n) is 5.25. The van der Waals surface area contributed by atoms with E-state index < -0.39 is 11.9 Å². The standard InChI is InChI=1S/C17H17FN4O2/c1-10-11(2)21-22-16(14(10)8-19)20-9-15(17(23)24-3)12-4-6-13(18)7-5-12/h4-7,15H,9H2,1-3H3,(H,20,22). The number of methoxy groups -OCH3 is 1. The molecule has 0 spiro atoms. The van der Waals surface area contributed by atoms with Crippen LogP contribution in [0.3, 0.4) is 0 Å². The third-order valence-electron chi connectivity index (χ3n) is 3.80. The quantitative estimate of drug-likeness (QED) is 0.848. The first-order chi connectivity index (χ1) is 11.5. The number of anilines is 1. The maximum atomic E-state index is 13.1. The minimum absolute atomic E-state index is 0.143. The predicted molar refractivity (Wildman–Crippen MR) is 85.9 cm³/mol. The van der Waals surface area contributed by atoms with Gasteiger partial charge in [0, 0.05) is 6.54 Å². The summed E-state index contributed by atoms with van der Waals surface area (Å²) >= 11 is 0. The van der Waals surface area contributed by atoms with Crippen LogP contribution < -0.4 is 5.32 Å². The molecule has 7 heteroatoms. The molecule has 0 aliphatic carbocycles. The molecule has 0 saturated heterocycles. The van der Waals surface area contributed by atoms with Crippen molar-refractivity contribution in [1.29, 1.82) is 5.26 Å². The molecule has 1 aromatic heterocycles. The Labute approximate surface area is 139 Å². The Kier molecular flexibility index (Phi) is 5.42. The van der Waals surface area contributed by atoms with E-state index in [1.165, 1.54) is 31.4 Å². The van der Waals surface area contributed by atoms with Crippen LogP contribution in [-0.2, 0) is 9.53 Å². The fourth-order valence-corrected chi connectivity index (χ4v) is 2.24. The first-order valence-corrected chi connectivity index (χ1v) is 7.29. The number of aryl methyl sites for hydroxylation is 1. The molecule has 0 radical (unpaired) electrons. The fourth-order valence-electron chi connectivity index (χ4n) is 2.24. The van der Waals surface area contributed by atoms with Crippen LogP contribution in [0.4, 0.5) is 10.2 Å². The normalized spacial score (nSPS) is 11.5. The summed E-state index contributed by atoms with van der Waals surface area (Å²) < 4.78 is 17.9. The van der Waals surface area contributed by atoms with Gasteiger partial charge in [0.05, 0.1) is 18.7 Å². The molecule has 0 bridgehead atoms. The van der Waals surface area contributed by atoms with Crippen LogP contribution in [0.1, 0.15) is 28.3 Å². The summed E-state index contributed by atoms with van der Waals surface area (Å²) in [7, 11) is 1.29. The van der Waals surface area contributed by atoms with Crippen LogP contribution >= 0.6 is 0 Å². The number of carbonyl (C=O) groups is 1. The predicted octanol–water partition coefficient (Wildman–Crippen LogP) is 2.47. The van der Waals surface area contributed by atoms with Crippen LogP contribution in [0.5, 0.6) is 0 Å². The lowest BCUT2D eigenvalue weighted by Gasteiger charge is -2.17. The van der Waals surface area contributed by atoms with Gasteiger partial charge in [-0.05, 0) is 37.1 Å². The van der Waals surface area contributed by atoms with Crippen molar-refractivity contribution in [2.24, 2.45) is 0 Å². The van der Waals surface area contributed by atoms with Crippen molar-refractivity contribution in [3.05, 3.63) is 52.5 Å². The number of esters is 1. The van der Waals surface area contributed by atoms with Gasteiger partial charge in [0.2, 0.25) is 0 Å². The van der Waals surface area contributed by atoms with E-state index in [1.807, 2.05) is 0 Å². The number of nitrogens with zero attached hydrogens (tertiary/aromatic N) is 3. The summed E-state index contributed by atoms with van der Waals surface area (Å²) in [5, 5.41) is 20.2. The molecule has 2 rings (SSSR count). The molecule has 6 nitrogen and oxygen atoms in total. The number of rotatable bonds is 5. The summed E-state index contributed by atoms with van der Waals surface area (Å²) in [6.07, 6.45) is 0. The van der Waals surface area contributed by atoms with Gasteiger partial charge in [-0.15, -0.1) is 5.10 Å². The van der Waals surface area contributed by atoms with E-state index in [2.05, 4.69) is 21.6 Å². The molecular formula is C17H17FN4O2. The summed E-state index contributed by atoms with van der Waals surface area (Å²) in [5.74, 6) is -1.21. The number of aromatic nitrogens is 2. The van der Waals surface area contributed by atoms with Crippen molar-refractivity contribution in [3.8, 4) is 6.07 Å². The van der Waals surface area contributed by atoms with E-state index in [9.17, 15) is 14.4 Å². The van der Waals surface area contributed by atoms with Gasteiger partial charge in [-0.25, -0.2) is 4.39 Å². The lowest BCUT2D eigenvalue weighted by molar-refractivity contribution is -0.142. The number of hydrogen-bond acceptors (Lipinski definition) is 6. The summed E-state index contributed by atoms with van der Waals surface area (Å²) in [4.78, 5) is 12.0. The van der Waals surface area contributed by atoms with E-state index in [0.717, 1.165) is 5.56 Å². The molecule has 1 atom stereocenters. The summed E-state index contributed by atoms with van der Waals surface area (Å²) in [6, 6.07) is 7.69. The molecule has 0 aliphatic heterocycles. The Morgan fingerprint density at radius 1 is 1.33 bits per heavy atom. The summed E-state index contributed by atoms with van der Waals surface area (Å²) in [5.41, 5.74) is 2.38. The Hall–Kier alpha value is -3.01. The highest BCUT2D eigenvalue weighted by Crippen LogP contribution is 2.21. The van der Waals surface area contributed by atoms with Gasteiger partial charge < -0.3 is 10.1 Å². The van der Waals surface area contributed by atoms with Crippen LogP contribution in [0.25, 0.3) is 0 Å². The Balaban J connectivity index is 2.26. The second-order valence-corrected chi connectivity index (χ2v) is 5.25. The van der Waals surface area contributed by atoms with Crippen molar-refractivity contribution in [3.63, 3.8) is 0 Å². The molecule has 124 valence electrons. The fraction of sp³-hybridized carbons (Fsp3) is 0.294. The van der Waals surface area contributed by atoms with Crippen LogP contribution in [-0.4, -0.2) is 29.8 Å². The van der Waals surface area contributed by atoms with Gasteiger partial charge in [-0.3, -0.25) is 4.79 Å². The Morgan fingerprint density at radius 2 is 2.00 bits per heavy atom. The maximum absolute atomic E-state index is 13.1. The highest BCUT2D eigenvalue weighted by atomic mass is 19.1. The number of halogens is 1. The maximum Gasteiger partial charge on any atom is 0.314 e. The second kappa shape index (κ2) is 7.51. The molecule has 1 aromatic carbocycles. The van der Waals surface area contributed by atoms with Crippen LogP contribution in [0.15, 0.2) is 24.3 Å². The molecule has 0 fully saturated rings. The zero-order valence-corrected chi connectivity index (χ0v) is 13.6. The van der Waals surface area contributed by atoms with Gasteiger partial charge in [0.15, 0.2) is 5.82 Å². The van der Waals surface area contributed by atoms with Crippen molar-refractivity contribution in [2.75, 3.05) is 19.0 Å².